The summed E-state index contributed by atoms with van der Waals surface area (Å²) >= 11 is 0. The summed E-state index contributed by atoms with van der Waals surface area (Å²) in [4.78, 5) is 0. The fourth-order valence-electron chi connectivity index (χ4n) is 2.91. The zero-order valence-electron chi connectivity index (χ0n) is 11.7. The Balaban J connectivity index is 1.37. The maximum absolute atomic E-state index is 5.93. The first-order chi connectivity index (χ1) is 10.4. The van der Waals surface area contributed by atoms with Crippen LogP contribution in [-0.2, 0) is 13.0 Å². The van der Waals surface area contributed by atoms with Gasteiger partial charge in [0, 0.05) is 30.5 Å². The Hall–Kier alpha value is -2.26. The lowest BCUT2D eigenvalue weighted by Gasteiger charge is -2.11. The highest BCUT2D eigenvalue weighted by molar-refractivity contribution is 5.80. The number of rotatable bonds is 4. The summed E-state index contributed by atoms with van der Waals surface area (Å²) in [6, 6.07) is 16.4. The molecule has 0 saturated carbocycles. The van der Waals surface area contributed by atoms with E-state index in [1.807, 2.05) is 36.6 Å². The van der Waals surface area contributed by atoms with Crippen molar-refractivity contribution in [2.24, 2.45) is 0 Å². The number of benzene rings is 2. The highest BCUT2D eigenvalue weighted by atomic mass is 16.5. The number of para-hydroxylation sites is 2. The van der Waals surface area contributed by atoms with Crippen molar-refractivity contribution in [1.29, 1.82) is 0 Å². The Kier molecular flexibility index (Phi) is 3.13. The molecule has 2 aromatic carbocycles. The van der Waals surface area contributed by atoms with Gasteiger partial charge in [-0.25, -0.2) is 0 Å². The lowest BCUT2D eigenvalue weighted by Crippen LogP contribution is -2.29. The Morgan fingerprint density at radius 2 is 1.90 bits per heavy atom. The predicted octanol–water partition coefficient (Wildman–Crippen LogP) is 3.53. The molecule has 0 radical (unpaired) electrons. The van der Waals surface area contributed by atoms with Crippen LogP contribution in [0.15, 0.2) is 59.2 Å². The lowest BCUT2D eigenvalue weighted by atomic mass is 10.1. The molecule has 0 fully saturated rings. The van der Waals surface area contributed by atoms with Gasteiger partial charge >= 0.3 is 0 Å². The average Bonchev–Trinajstić information content (AvgIpc) is 3.11. The molecule has 1 N–H and O–H groups in total. The van der Waals surface area contributed by atoms with Gasteiger partial charge in [-0.3, -0.25) is 0 Å². The third kappa shape index (κ3) is 2.41. The lowest BCUT2D eigenvalue weighted by molar-refractivity contribution is 0.227. The Morgan fingerprint density at radius 3 is 2.86 bits per heavy atom. The van der Waals surface area contributed by atoms with Crippen molar-refractivity contribution in [3.8, 4) is 5.75 Å². The van der Waals surface area contributed by atoms with Crippen LogP contribution in [0.1, 0.15) is 11.1 Å². The van der Waals surface area contributed by atoms with E-state index in [-0.39, 0.29) is 6.10 Å². The summed E-state index contributed by atoms with van der Waals surface area (Å²) in [5.74, 6) is 1.03. The van der Waals surface area contributed by atoms with Crippen molar-refractivity contribution in [2.75, 3.05) is 6.54 Å². The van der Waals surface area contributed by atoms with Gasteiger partial charge < -0.3 is 14.5 Å². The second-order valence-corrected chi connectivity index (χ2v) is 5.44. The molecule has 3 nitrogen and oxygen atoms in total. The van der Waals surface area contributed by atoms with Gasteiger partial charge in [0.2, 0.25) is 0 Å². The third-order valence-corrected chi connectivity index (χ3v) is 3.96. The summed E-state index contributed by atoms with van der Waals surface area (Å²) < 4.78 is 11.5. The molecule has 1 aliphatic rings. The van der Waals surface area contributed by atoms with Crippen molar-refractivity contribution in [2.45, 2.75) is 19.1 Å². The van der Waals surface area contributed by atoms with Gasteiger partial charge in [0.25, 0.3) is 0 Å². The van der Waals surface area contributed by atoms with Crippen molar-refractivity contribution in [3.63, 3.8) is 0 Å². The Bertz CT molecular complexity index is 738. The summed E-state index contributed by atoms with van der Waals surface area (Å²) in [6.07, 6.45) is 3.04. The average molecular weight is 279 g/mol. The Labute approximate surface area is 123 Å². The molecule has 0 saturated heterocycles. The molecule has 1 aliphatic heterocycles. The molecule has 0 spiro atoms. The van der Waals surface area contributed by atoms with Crippen molar-refractivity contribution >= 4 is 11.0 Å². The number of hydrogen-bond donors (Lipinski definition) is 1. The minimum atomic E-state index is 0.223. The molecule has 1 aromatic heterocycles. The van der Waals surface area contributed by atoms with Crippen LogP contribution in [-0.4, -0.2) is 12.6 Å². The summed E-state index contributed by atoms with van der Waals surface area (Å²) in [6.45, 7) is 1.64. The minimum absolute atomic E-state index is 0.223. The van der Waals surface area contributed by atoms with E-state index in [0.717, 1.165) is 30.8 Å². The van der Waals surface area contributed by atoms with Gasteiger partial charge in [-0.05, 0) is 17.7 Å². The minimum Gasteiger partial charge on any atom is -0.488 e. The van der Waals surface area contributed by atoms with Crippen LogP contribution in [0.25, 0.3) is 11.0 Å². The molecule has 0 aliphatic carbocycles. The fraction of sp³-hybridized carbons (Fsp3) is 0.222. The smallest absolute Gasteiger partial charge is 0.134 e. The van der Waals surface area contributed by atoms with Gasteiger partial charge in [-0.1, -0.05) is 36.4 Å². The second-order valence-electron chi connectivity index (χ2n) is 5.44. The molecule has 1 unspecified atom stereocenters. The molecule has 3 heteroatoms. The van der Waals surface area contributed by atoms with E-state index in [1.54, 1.807) is 0 Å². The van der Waals surface area contributed by atoms with E-state index in [1.165, 1.54) is 16.5 Å². The van der Waals surface area contributed by atoms with Crippen LogP contribution in [0.3, 0.4) is 0 Å². The maximum atomic E-state index is 5.93. The molecule has 0 amide bonds. The van der Waals surface area contributed by atoms with Crippen molar-refractivity contribution in [3.05, 3.63) is 65.9 Å². The van der Waals surface area contributed by atoms with Crippen molar-refractivity contribution in [1.82, 2.24) is 5.32 Å². The van der Waals surface area contributed by atoms with E-state index < -0.39 is 0 Å². The Morgan fingerprint density at radius 1 is 1.05 bits per heavy atom. The first-order valence-corrected chi connectivity index (χ1v) is 7.30. The van der Waals surface area contributed by atoms with Gasteiger partial charge in [-0.15, -0.1) is 0 Å². The molecule has 0 bridgehead atoms. The number of fused-ring (bicyclic) bond motifs is 2. The molecule has 106 valence electrons. The zero-order valence-corrected chi connectivity index (χ0v) is 11.7. The quantitative estimate of drug-likeness (QED) is 0.793. The number of nitrogens with one attached hydrogen (secondary N) is 1. The van der Waals surface area contributed by atoms with Gasteiger partial charge in [0.1, 0.15) is 17.4 Å². The van der Waals surface area contributed by atoms with Gasteiger partial charge in [0.15, 0.2) is 0 Å². The summed E-state index contributed by atoms with van der Waals surface area (Å²) in [5.41, 5.74) is 3.44. The van der Waals surface area contributed by atoms with Crippen LogP contribution >= 0.6 is 0 Å². The number of furan rings is 1. The molecule has 21 heavy (non-hydrogen) atoms. The van der Waals surface area contributed by atoms with Crippen LogP contribution in [0.2, 0.25) is 0 Å². The van der Waals surface area contributed by atoms with E-state index in [9.17, 15) is 0 Å². The predicted molar refractivity (Wildman–Crippen MR) is 82.5 cm³/mol. The van der Waals surface area contributed by atoms with Crippen LogP contribution < -0.4 is 10.1 Å². The highest BCUT2D eigenvalue weighted by Gasteiger charge is 2.21. The van der Waals surface area contributed by atoms with E-state index >= 15 is 0 Å². The zero-order chi connectivity index (χ0) is 14.1. The first-order valence-electron chi connectivity index (χ1n) is 7.30. The molecular weight excluding hydrogens is 262 g/mol. The normalized spacial score (nSPS) is 16.9. The third-order valence-electron chi connectivity index (χ3n) is 3.96. The molecule has 1 atom stereocenters. The van der Waals surface area contributed by atoms with Crippen LogP contribution in [0.4, 0.5) is 0 Å². The molecular formula is C18H17NO2. The topological polar surface area (TPSA) is 34.4 Å². The van der Waals surface area contributed by atoms with Crippen molar-refractivity contribution < 1.29 is 9.15 Å². The van der Waals surface area contributed by atoms with E-state index in [0.29, 0.717) is 0 Å². The first kappa shape index (κ1) is 12.5. The monoisotopic (exact) mass is 279 g/mol. The summed E-state index contributed by atoms with van der Waals surface area (Å²) in [7, 11) is 0. The standard InChI is InChI=1S/C18H17NO2/c1-3-7-17-13(5-1)9-15(21-17)11-19-10-14-12-20-18-8-4-2-6-16(14)18/h1-8,12,15,19H,9-11H2. The van der Waals surface area contributed by atoms with Gasteiger partial charge in [0.05, 0.1) is 6.26 Å². The van der Waals surface area contributed by atoms with Crippen LogP contribution in [0, 0.1) is 0 Å². The number of hydrogen-bond acceptors (Lipinski definition) is 3. The second kappa shape index (κ2) is 5.26. The number of ether oxygens (including phenoxy) is 1. The largest absolute Gasteiger partial charge is 0.488 e. The molecule has 4 rings (SSSR count). The molecule has 3 aromatic rings. The SMILES string of the molecule is c1ccc2c(c1)CC(CNCc1coc3ccccc13)O2. The van der Waals surface area contributed by atoms with Gasteiger partial charge in [-0.2, -0.15) is 0 Å². The summed E-state index contributed by atoms with van der Waals surface area (Å²) in [5, 5.41) is 4.65. The van der Waals surface area contributed by atoms with E-state index in [4.69, 9.17) is 9.15 Å². The van der Waals surface area contributed by atoms with Crippen LogP contribution in [0.5, 0.6) is 5.75 Å². The maximum Gasteiger partial charge on any atom is 0.134 e. The highest BCUT2D eigenvalue weighted by Crippen LogP contribution is 2.28. The fourth-order valence-corrected chi connectivity index (χ4v) is 2.91. The molecule has 2 heterocycles. The van der Waals surface area contributed by atoms with E-state index in [2.05, 4.69) is 23.5 Å².